The van der Waals surface area contributed by atoms with E-state index in [1.807, 2.05) is 6.92 Å². The minimum Gasteiger partial charge on any atom is -0.316 e. The summed E-state index contributed by atoms with van der Waals surface area (Å²) in [5.41, 5.74) is 0.754. The number of hydrogen-bond donors (Lipinski definition) is 1. The van der Waals surface area contributed by atoms with Crippen molar-refractivity contribution in [3.05, 3.63) is 36.4 Å². The van der Waals surface area contributed by atoms with E-state index in [0.717, 1.165) is 11.3 Å². The van der Waals surface area contributed by atoms with Crippen molar-refractivity contribution in [1.82, 2.24) is 4.98 Å². The molecule has 0 radical (unpaired) electrons. The van der Waals surface area contributed by atoms with E-state index in [2.05, 4.69) is 4.98 Å². The lowest BCUT2D eigenvalue weighted by Gasteiger charge is -2.11. The van der Waals surface area contributed by atoms with Gasteiger partial charge >= 0.3 is 4.87 Å². The molecule has 2 rings (SSSR count). The molecule has 5 nitrogen and oxygen atoms in total. The molecule has 1 unspecified atom stereocenters. The van der Waals surface area contributed by atoms with Crippen molar-refractivity contribution >= 4 is 17.0 Å². The third-order valence-corrected chi connectivity index (χ3v) is 3.07. The van der Waals surface area contributed by atoms with Crippen LogP contribution in [0.2, 0.25) is 0 Å². The number of nitrogens with zero attached hydrogens (tertiary/aromatic N) is 1. The molecular weight excluding hydrogens is 204 g/mol. The first-order valence-electron chi connectivity index (χ1n) is 4.16. The van der Waals surface area contributed by atoms with Gasteiger partial charge in [0.2, 0.25) is 0 Å². The average Bonchev–Trinajstić information content (AvgIpc) is 2.42. The Hall–Kier alpha value is -1.43. The maximum Gasteiger partial charge on any atom is 0.305 e. The summed E-state index contributed by atoms with van der Waals surface area (Å²) in [5.74, 6) is 0.105. The number of hydrogen-bond acceptors (Lipinski definition) is 4. The molecule has 0 amide bonds. The van der Waals surface area contributed by atoms with Crippen LogP contribution < -0.4 is 4.87 Å². The molecule has 1 aliphatic rings. The molecule has 1 atom stereocenters. The van der Waals surface area contributed by atoms with E-state index in [-0.39, 0.29) is 16.5 Å². The first-order chi connectivity index (χ1) is 6.58. The van der Waals surface area contributed by atoms with Gasteiger partial charge in [0.25, 0.3) is 5.70 Å². The third kappa shape index (κ3) is 1.37. The monoisotopic (exact) mass is 212 g/mol. The zero-order valence-electron chi connectivity index (χ0n) is 7.44. The Kier molecular flexibility index (Phi) is 1.99. The molecule has 1 aromatic heterocycles. The maximum atomic E-state index is 11.0. The lowest BCUT2D eigenvalue weighted by Crippen LogP contribution is -2.10. The number of H-pyrrole nitrogens is 1. The molecule has 14 heavy (non-hydrogen) atoms. The smallest absolute Gasteiger partial charge is 0.305 e. The average molecular weight is 212 g/mol. The predicted octanol–water partition coefficient (Wildman–Crippen LogP) is 1.25. The number of aromatic nitrogens is 1. The topological polar surface area (TPSA) is 76.0 Å². The number of nitrogens with one attached hydrogen (secondary N) is 1. The summed E-state index contributed by atoms with van der Waals surface area (Å²) in [6.07, 6.45) is 2.28. The molecule has 0 fully saturated rings. The van der Waals surface area contributed by atoms with Gasteiger partial charge in [-0.15, -0.1) is 0 Å². The summed E-state index contributed by atoms with van der Waals surface area (Å²) in [7, 11) is 0. The van der Waals surface area contributed by atoms with E-state index >= 15 is 0 Å². The van der Waals surface area contributed by atoms with Crippen LogP contribution >= 0.6 is 11.3 Å². The molecule has 0 spiro atoms. The highest BCUT2D eigenvalue weighted by Gasteiger charge is 2.27. The summed E-state index contributed by atoms with van der Waals surface area (Å²) < 4.78 is 0. The van der Waals surface area contributed by atoms with Crippen LogP contribution in [0, 0.1) is 16.0 Å². The van der Waals surface area contributed by atoms with Crippen molar-refractivity contribution in [2.75, 3.05) is 0 Å². The van der Waals surface area contributed by atoms with Crippen LogP contribution in [0.1, 0.15) is 17.5 Å². The molecule has 0 aromatic carbocycles. The predicted molar refractivity (Wildman–Crippen MR) is 52.8 cm³/mol. The SMILES string of the molecule is CC1C=C([N+](=O)[O-])c2sc(=O)[nH]c2C1. The molecule has 74 valence electrons. The van der Waals surface area contributed by atoms with Crippen molar-refractivity contribution in [1.29, 1.82) is 0 Å². The molecule has 1 aliphatic carbocycles. The van der Waals surface area contributed by atoms with E-state index in [1.165, 1.54) is 0 Å². The van der Waals surface area contributed by atoms with E-state index in [4.69, 9.17) is 0 Å². The number of allylic oxidation sites excluding steroid dienone is 1. The van der Waals surface area contributed by atoms with Gasteiger partial charge in [-0.2, -0.15) is 0 Å². The zero-order valence-corrected chi connectivity index (χ0v) is 8.26. The van der Waals surface area contributed by atoms with Crippen molar-refractivity contribution in [3.8, 4) is 0 Å². The quantitative estimate of drug-likeness (QED) is 0.562. The second-order valence-electron chi connectivity index (χ2n) is 3.31. The second kappa shape index (κ2) is 3.06. The number of rotatable bonds is 1. The lowest BCUT2D eigenvalue weighted by molar-refractivity contribution is -0.375. The molecule has 0 aliphatic heterocycles. The van der Waals surface area contributed by atoms with E-state index in [1.54, 1.807) is 6.08 Å². The van der Waals surface area contributed by atoms with Crippen LogP contribution in [-0.4, -0.2) is 9.91 Å². The molecule has 1 aromatic rings. The first kappa shape index (κ1) is 9.14. The normalized spacial score (nSPS) is 20.1. The Morgan fingerprint density at radius 1 is 1.71 bits per heavy atom. The molecule has 0 saturated carbocycles. The third-order valence-electron chi connectivity index (χ3n) is 2.12. The molecule has 0 saturated heterocycles. The highest BCUT2D eigenvalue weighted by molar-refractivity contribution is 7.10. The van der Waals surface area contributed by atoms with E-state index < -0.39 is 4.92 Å². The van der Waals surface area contributed by atoms with E-state index in [0.29, 0.717) is 17.0 Å². The Labute approximate surface area is 83.2 Å². The Morgan fingerprint density at radius 3 is 3.07 bits per heavy atom. The number of fused-ring (bicyclic) bond motifs is 1. The van der Waals surface area contributed by atoms with Gasteiger partial charge in [-0.1, -0.05) is 18.3 Å². The fourth-order valence-electron chi connectivity index (χ4n) is 1.58. The minimum absolute atomic E-state index is 0.0575. The molecule has 1 heterocycles. The molecule has 0 bridgehead atoms. The summed E-state index contributed by atoms with van der Waals surface area (Å²) >= 11 is 0.908. The van der Waals surface area contributed by atoms with Crippen LogP contribution in [0.4, 0.5) is 0 Å². The standard InChI is InChI=1S/C8H8N2O3S/c1-4-2-5-7(14-8(11)9-5)6(3-4)10(12)13/h3-4H,2H2,1H3,(H,9,11). The fourth-order valence-corrected chi connectivity index (χ4v) is 2.44. The van der Waals surface area contributed by atoms with Crippen molar-refractivity contribution in [2.24, 2.45) is 5.92 Å². The van der Waals surface area contributed by atoms with Gasteiger partial charge in [-0.05, 0) is 18.4 Å². The van der Waals surface area contributed by atoms with Crippen LogP contribution in [0.15, 0.2) is 10.9 Å². The Balaban J connectivity index is 2.59. The van der Waals surface area contributed by atoms with Crippen LogP contribution in [-0.2, 0) is 6.42 Å². The lowest BCUT2D eigenvalue weighted by atomic mass is 9.97. The molecular formula is C8H8N2O3S. The van der Waals surface area contributed by atoms with Crippen LogP contribution in [0.5, 0.6) is 0 Å². The first-order valence-corrected chi connectivity index (χ1v) is 4.98. The summed E-state index contributed by atoms with van der Waals surface area (Å²) in [6, 6.07) is 0. The van der Waals surface area contributed by atoms with Crippen LogP contribution in [0.3, 0.4) is 0 Å². The highest BCUT2D eigenvalue weighted by Crippen LogP contribution is 2.29. The van der Waals surface area contributed by atoms with Gasteiger partial charge < -0.3 is 4.98 Å². The summed E-state index contributed by atoms with van der Waals surface area (Å²) in [5, 5.41) is 10.7. The van der Waals surface area contributed by atoms with E-state index in [9.17, 15) is 14.9 Å². The zero-order chi connectivity index (χ0) is 10.3. The number of nitro groups is 1. The van der Waals surface area contributed by atoms with Gasteiger partial charge in [-0.3, -0.25) is 14.9 Å². The van der Waals surface area contributed by atoms with Gasteiger partial charge in [0.1, 0.15) is 4.88 Å². The number of thiazole rings is 1. The summed E-state index contributed by atoms with van der Waals surface area (Å²) in [4.78, 5) is 24.2. The van der Waals surface area contributed by atoms with Gasteiger partial charge in [0.15, 0.2) is 0 Å². The van der Waals surface area contributed by atoms with Gasteiger partial charge in [-0.25, -0.2) is 0 Å². The van der Waals surface area contributed by atoms with Crippen molar-refractivity contribution < 1.29 is 4.92 Å². The van der Waals surface area contributed by atoms with Crippen LogP contribution in [0.25, 0.3) is 5.70 Å². The van der Waals surface area contributed by atoms with Gasteiger partial charge in [0.05, 0.1) is 4.92 Å². The van der Waals surface area contributed by atoms with Crippen molar-refractivity contribution in [3.63, 3.8) is 0 Å². The maximum absolute atomic E-state index is 11.0. The fraction of sp³-hybridized carbons (Fsp3) is 0.375. The molecule has 1 N–H and O–H groups in total. The molecule has 6 heteroatoms. The Morgan fingerprint density at radius 2 is 2.43 bits per heavy atom. The summed E-state index contributed by atoms with van der Waals surface area (Å²) in [6.45, 7) is 1.89. The second-order valence-corrected chi connectivity index (χ2v) is 4.30. The number of aromatic amines is 1. The van der Waals surface area contributed by atoms with Gasteiger partial charge in [0, 0.05) is 5.69 Å². The minimum atomic E-state index is -0.432. The highest BCUT2D eigenvalue weighted by atomic mass is 32.1. The van der Waals surface area contributed by atoms with Crippen molar-refractivity contribution in [2.45, 2.75) is 13.3 Å². The Bertz CT molecular complexity index is 471. The largest absolute Gasteiger partial charge is 0.316 e.